The van der Waals surface area contributed by atoms with Crippen LogP contribution < -0.4 is 10.9 Å². The molecule has 1 aromatic heterocycles. The summed E-state index contributed by atoms with van der Waals surface area (Å²) in [4.78, 5) is 0. The second-order valence-electron chi connectivity index (χ2n) is 5.59. The Morgan fingerprint density at radius 2 is 2.11 bits per heavy atom. The molecule has 2 aliphatic rings. The van der Waals surface area contributed by atoms with Crippen molar-refractivity contribution in [3.63, 3.8) is 0 Å². The van der Waals surface area contributed by atoms with Gasteiger partial charge in [0.15, 0.2) is 0 Å². The maximum absolute atomic E-state index is 6.02. The zero-order chi connectivity index (χ0) is 11.9. The summed E-state index contributed by atoms with van der Waals surface area (Å²) in [5, 5.41) is 1.23. The van der Waals surface area contributed by atoms with Gasteiger partial charge in [0.25, 0.3) is 0 Å². The number of hydrogen-bond donors (Lipinski definition) is 2. The summed E-state index contributed by atoms with van der Waals surface area (Å²) >= 11 is 0. The van der Waals surface area contributed by atoms with Crippen molar-refractivity contribution in [3.8, 4) is 0 Å². The van der Waals surface area contributed by atoms with E-state index in [2.05, 4.69) is 35.1 Å². The fourth-order valence-electron chi connectivity index (χ4n) is 3.46. The first-order chi connectivity index (χ1) is 8.90. The Morgan fingerprint density at radius 1 is 1.17 bits per heavy atom. The third-order valence-corrected chi connectivity index (χ3v) is 4.48. The highest BCUT2D eigenvalue weighted by atomic mass is 16.3. The van der Waals surface area contributed by atoms with E-state index in [4.69, 9.17) is 4.42 Å². The Morgan fingerprint density at radius 3 is 3.06 bits per heavy atom. The number of hydrogen-bond acceptors (Lipinski definition) is 3. The number of para-hydroxylation sites is 1. The molecule has 2 fully saturated rings. The summed E-state index contributed by atoms with van der Waals surface area (Å²) < 4.78 is 6.02. The molecule has 1 saturated heterocycles. The molecule has 3 atom stereocenters. The molecule has 4 rings (SSSR count). The van der Waals surface area contributed by atoms with Crippen molar-refractivity contribution in [2.45, 2.75) is 31.2 Å². The number of hydrazine groups is 1. The number of benzene rings is 1. The lowest BCUT2D eigenvalue weighted by molar-refractivity contribution is 0.281. The van der Waals surface area contributed by atoms with Crippen molar-refractivity contribution in [2.75, 3.05) is 6.54 Å². The smallest absolute Gasteiger partial charge is 0.134 e. The van der Waals surface area contributed by atoms with Gasteiger partial charge in [-0.2, -0.15) is 0 Å². The van der Waals surface area contributed by atoms with Crippen LogP contribution in [-0.4, -0.2) is 12.6 Å². The summed E-state index contributed by atoms with van der Waals surface area (Å²) in [5.74, 6) is 2.54. The Bertz CT molecular complexity index is 529. The lowest BCUT2D eigenvalue weighted by Crippen LogP contribution is -2.34. The molecule has 94 valence electrons. The van der Waals surface area contributed by atoms with Gasteiger partial charge < -0.3 is 4.42 Å². The zero-order valence-electron chi connectivity index (χ0n) is 10.4. The largest absolute Gasteiger partial charge is 0.461 e. The van der Waals surface area contributed by atoms with Crippen molar-refractivity contribution < 1.29 is 4.42 Å². The second kappa shape index (κ2) is 4.11. The maximum atomic E-state index is 6.02. The Labute approximate surface area is 107 Å². The number of nitrogens with one attached hydrogen (secondary N) is 2. The molecule has 0 amide bonds. The van der Waals surface area contributed by atoms with Crippen LogP contribution >= 0.6 is 0 Å². The number of rotatable bonds is 1. The van der Waals surface area contributed by atoms with E-state index in [1.807, 2.05) is 6.07 Å². The van der Waals surface area contributed by atoms with Gasteiger partial charge in [0, 0.05) is 23.9 Å². The molecule has 1 aliphatic carbocycles. The van der Waals surface area contributed by atoms with E-state index >= 15 is 0 Å². The Balaban J connectivity index is 1.62. The predicted octanol–water partition coefficient (Wildman–Crippen LogP) is 2.79. The molecule has 1 aliphatic heterocycles. The monoisotopic (exact) mass is 242 g/mol. The molecule has 2 heterocycles. The van der Waals surface area contributed by atoms with Crippen molar-refractivity contribution >= 4 is 11.0 Å². The fraction of sp³-hybridized carbons (Fsp3) is 0.467. The Hall–Kier alpha value is -1.32. The van der Waals surface area contributed by atoms with Crippen molar-refractivity contribution in [3.05, 3.63) is 36.1 Å². The van der Waals surface area contributed by atoms with Crippen molar-refractivity contribution in [1.82, 2.24) is 10.9 Å². The van der Waals surface area contributed by atoms with E-state index in [9.17, 15) is 0 Å². The van der Waals surface area contributed by atoms with Gasteiger partial charge in [-0.1, -0.05) is 18.2 Å². The summed E-state index contributed by atoms with van der Waals surface area (Å²) in [6.07, 6.45) is 3.72. The van der Waals surface area contributed by atoms with Gasteiger partial charge in [-0.25, -0.2) is 0 Å². The third kappa shape index (κ3) is 1.66. The minimum absolute atomic E-state index is 0.598. The van der Waals surface area contributed by atoms with Gasteiger partial charge in [-0.05, 0) is 37.3 Å². The molecule has 18 heavy (non-hydrogen) atoms. The molecular weight excluding hydrogens is 224 g/mol. The standard InChI is InChI=1S/C15H18N2O/c1-2-4-14-10(3-1)8-15(18-14)11-5-6-13-12(7-11)9-16-17-13/h1-4,8,11-13,16-17H,5-7,9H2. The average molecular weight is 242 g/mol. The summed E-state index contributed by atoms with van der Waals surface area (Å²) in [6, 6.07) is 11.2. The molecular formula is C15H18N2O. The molecule has 3 heteroatoms. The summed E-state index contributed by atoms with van der Waals surface area (Å²) in [7, 11) is 0. The van der Waals surface area contributed by atoms with Gasteiger partial charge in [0.1, 0.15) is 11.3 Å². The van der Waals surface area contributed by atoms with Gasteiger partial charge in [-0.3, -0.25) is 10.9 Å². The van der Waals surface area contributed by atoms with Crippen LogP contribution in [0.2, 0.25) is 0 Å². The quantitative estimate of drug-likeness (QED) is 0.807. The number of fused-ring (bicyclic) bond motifs is 2. The molecule has 1 saturated carbocycles. The highest BCUT2D eigenvalue weighted by Gasteiger charge is 2.35. The van der Waals surface area contributed by atoms with Crippen LogP contribution in [0.15, 0.2) is 34.7 Å². The van der Waals surface area contributed by atoms with E-state index in [1.165, 1.54) is 30.4 Å². The normalized spacial score (nSPS) is 31.7. The van der Waals surface area contributed by atoms with Crippen LogP contribution in [0, 0.1) is 5.92 Å². The molecule has 0 radical (unpaired) electrons. The summed E-state index contributed by atoms with van der Waals surface area (Å²) in [5.41, 5.74) is 7.68. The van der Waals surface area contributed by atoms with Crippen LogP contribution in [0.5, 0.6) is 0 Å². The fourth-order valence-corrected chi connectivity index (χ4v) is 3.46. The highest BCUT2D eigenvalue weighted by molar-refractivity contribution is 5.77. The first-order valence-electron chi connectivity index (χ1n) is 6.87. The third-order valence-electron chi connectivity index (χ3n) is 4.48. The summed E-state index contributed by atoms with van der Waals surface area (Å²) in [6.45, 7) is 1.10. The Kier molecular flexibility index (Phi) is 2.42. The van der Waals surface area contributed by atoms with Crippen LogP contribution in [-0.2, 0) is 0 Å². The van der Waals surface area contributed by atoms with Gasteiger partial charge in [0.05, 0.1) is 0 Å². The zero-order valence-corrected chi connectivity index (χ0v) is 10.4. The topological polar surface area (TPSA) is 37.2 Å². The molecule has 0 bridgehead atoms. The first kappa shape index (κ1) is 10.6. The van der Waals surface area contributed by atoms with E-state index in [-0.39, 0.29) is 0 Å². The van der Waals surface area contributed by atoms with Crippen LogP contribution in [0.1, 0.15) is 30.9 Å². The first-order valence-corrected chi connectivity index (χ1v) is 6.87. The van der Waals surface area contributed by atoms with Crippen LogP contribution in [0.3, 0.4) is 0 Å². The van der Waals surface area contributed by atoms with Gasteiger partial charge in [0.2, 0.25) is 0 Å². The predicted molar refractivity (Wildman–Crippen MR) is 71.2 cm³/mol. The van der Waals surface area contributed by atoms with E-state index in [0.29, 0.717) is 12.0 Å². The minimum atomic E-state index is 0.598. The molecule has 3 nitrogen and oxygen atoms in total. The lowest BCUT2D eigenvalue weighted by Gasteiger charge is -2.29. The lowest BCUT2D eigenvalue weighted by atomic mass is 9.78. The minimum Gasteiger partial charge on any atom is -0.461 e. The van der Waals surface area contributed by atoms with Gasteiger partial charge >= 0.3 is 0 Å². The van der Waals surface area contributed by atoms with Gasteiger partial charge in [-0.15, -0.1) is 0 Å². The van der Waals surface area contributed by atoms with E-state index < -0.39 is 0 Å². The van der Waals surface area contributed by atoms with Crippen molar-refractivity contribution in [1.29, 1.82) is 0 Å². The molecule has 3 unspecified atom stereocenters. The van der Waals surface area contributed by atoms with E-state index in [0.717, 1.165) is 18.0 Å². The highest BCUT2D eigenvalue weighted by Crippen LogP contribution is 2.39. The van der Waals surface area contributed by atoms with Crippen LogP contribution in [0.4, 0.5) is 0 Å². The molecule has 0 spiro atoms. The van der Waals surface area contributed by atoms with Crippen molar-refractivity contribution in [2.24, 2.45) is 5.92 Å². The average Bonchev–Trinajstić information content (AvgIpc) is 3.04. The molecule has 1 aromatic carbocycles. The van der Waals surface area contributed by atoms with Crippen LogP contribution in [0.25, 0.3) is 11.0 Å². The van der Waals surface area contributed by atoms with E-state index in [1.54, 1.807) is 0 Å². The number of furan rings is 1. The molecule has 2 N–H and O–H groups in total. The SMILES string of the molecule is c1ccc2oc(C3CCC4NNCC4C3)cc2c1. The maximum Gasteiger partial charge on any atom is 0.134 e. The second-order valence-corrected chi connectivity index (χ2v) is 5.59. The molecule has 2 aromatic rings.